The van der Waals surface area contributed by atoms with Crippen molar-refractivity contribution in [1.82, 2.24) is 20.0 Å². The minimum atomic E-state index is -0.183. The molecule has 0 aromatic heterocycles. The second kappa shape index (κ2) is 10.2. The third kappa shape index (κ3) is 6.20. The zero-order valence-electron chi connectivity index (χ0n) is 15.0. The second-order valence-corrected chi connectivity index (χ2v) is 6.10. The van der Waals surface area contributed by atoms with Crippen LogP contribution in [-0.2, 0) is 4.79 Å². The highest BCUT2D eigenvalue weighted by molar-refractivity contribution is 5.97. The van der Waals surface area contributed by atoms with Gasteiger partial charge < -0.3 is 20.0 Å². The number of rotatable bonds is 8. The number of likely N-dealkylation sites (tertiary alicyclic amines) is 1. The van der Waals surface area contributed by atoms with Crippen LogP contribution in [0.2, 0.25) is 0 Å². The molecule has 0 radical (unpaired) electrons. The van der Waals surface area contributed by atoms with E-state index in [0.717, 1.165) is 52.1 Å². The number of nitrogens with one attached hydrogen (secondary N) is 1. The first-order valence-electron chi connectivity index (χ1n) is 8.55. The van der Waals surface area contributed by atoms with Crippen LogP contribution in [0.1, 0.15) is 26.7 Å². The van der Waals surface area contributed by atoms with Gasteiger partial charge in [-0.2, -0.15) is 5.26 Å². The van der Waals surface area contributed by atoms with Crippen molar-refractivity contribution in [2.24, 2.45) is 0 Å². The summed E-state index contributed by atoms with van der Waals surface area (Å²) in [6.07, 6.45) is 3.50. The lowest BCUT2D eigenvalue weighted by Gasteiger charge is -2.35. The van der Waals surface area contributed by atoms with E-state index in [1.54, 1.807) is 18.1 Å². The van der Waals surface area contributed by atoms with E-state index >= 15 is 0 Å². The molecule has 0 atom stereocenters. The maximum atomic E-state index is 12.5. The molecular weight excluding hydrogens is 290 g/mol. The Kier molecular flexibility index (Phi) is 8.67. The summed E-state index contributed by atoms with van der Waals surface area (Å²) in [6, 6.07) is 2.26. The van der Waals surface area contributed by atoms with Crippen molar-refractivity contribution < 1.29 is 4.79 Å². The van der Waals surface area contributed by atoms with Crippen molar-refractivity contribution in [2.45, 2.75) is 32.7 Å². The van der Waals surface area contributed by atoms with Gasteiger partial charge in [0.2, 0.25) is 0 Å². The second-order valence-electron chi connectivity index (χ2n) is 6.10. The summed E-state index contributed by atoms with van der Waals surface area (Å²) in [5.41, 5.74) is 0.186. The van der Waals surface area contributed by atoms with Crippen molar-refractivity contribution in [3.05, 3.63) is 11.8 Å². The Balaban J connectivity index is 2.50. The molecule has 0 aromatic carbocycles. The molecule has 0 aromatic rings. The average Bonchev–Trinajstić information content (AvgIpc) is 2.58. The normalized spacial score (nSPS) is 17.1. The molecule has 0 unspecified atom stereocenters. The predicted octanol–water partition coefficient (Wildman–Crippen LogP) is 0.878. The molecule has 130 valence electrons. The molecule has 1 fully saturated rings. The first kappa shape index (κ1) is 19.5. The summed E-state index contributed by atoms with van der Waals surface area (Å²) in [6.45, 7) is 9.89. The SMILES string of the molecule is CCN(CC)CCN/C=C(/C#N)C(=O)N(C)C1CCN(C)CC1. The number of carbonyl (C=O) groups excluding carboxylic acids is 1. The fourth-order valence-electron chi connectivity index (χ4n) is 2.82. The molecule has 0 aliphatic carbocycles. The fourth-order valence-corrected chi connectivity index (χ4v) is 2.82. The van der Waals surface area contributed by atoms with E-state index < -0.39 is 0 Å². The van der Waals surface area contributed by atoms with Crippen LogP contribution < -0.4 is 5.32 Å². The van der Waals surface area contributed by atoms with Gasteiger partial charge in [0, 0.05) is 32.4 Å². The molecule has 6 heteroatoms. The average molecular weight is 321 g/mol. The Morgan fingerprint density at radius 2 is 1.96 bits per heavy atom. The molecule has 1 saturated heterocycles. The fraction of sp³-hybridized carbons (Fsp3) is 0.765. The monoisotopic (exact) mass is 321 g/mol. The van der Waals surface area contributed by atoms with E-state index in [4.69, 9.17) is 0 Å². The van der Waals surface area contributed by atoms with Gasteiger partial charge in [0.25, 0.3) is 5.91 Å². The number of piperidine rings is 1. The van der Waals surface area contributed by atoms with Gasteiger partial charge >= 0.3 is 0 Å². The lowest BCUT2D eigenvalue weighted by Crippen LogP contribution is -2.45. The lowest BCUT2D eigenvalue weighted by molar-refractivity contribution is -0.128. The van der Waals surface area contributed by atoms with Gasteiger partial charge in [0.15, 0.2) is 0 Å². The van der Waals surface area contributed by atoms with Crippen LogP contribution in [0.4, 0.5) is 0 Å². The summed E-state index contributed by atoms with van der Waals surface area (Å²) < 4.78 is 0. The largest absolute Gasteiger partial charge is 0.388 e. The smallest absolute Gasteiger partial charge is 0.265 e. The Morgan fingerprint density at radius 3 is 2.48 bits per heavy atom. The first-order valence-corrected chi connectivity index (χ1v) is 8.55. The maximum absolute atomic E-state index is 12.5. The van der Waals surface area contributed by atoms with Gasteiger partial charge in [-0.05, 0) is 46.1 Å². The zero-order valence-corrected chi connectivity index (χ0v) is 15.0. The molecule has 1 amide bonds. The number of hydrogen-bond donors (Lipinski definition) is 1. The van der Waals surface area contributed by atoms with Crippen LogP contribution in [0.15, 0.2) is 11.8 Å². The Labute approximate surface area is 140 Å². The van der Waals surface area contributed by atoms with Crippen LogP contribution >= 0.6 is 0 Å². The van der Waals surface area contributed by atoms with Gasteiger partial charge in [0.05, 0.1) is 0 Å². The number of amides is 1. The van der Waals surface area contributed by atoms with E-state index in [-0.39, 0.29) is 17.5 Å². The van der Waals surface area contributed by atoms with E-state index in [9.17, 15) is 10.1 Å². The van der Waals surface area contributed by atoms with Crippen molar-refractivity contribution in [1.29, 1.82) is 5.26 Å². The van der Waals surface area contributed by atoms with Gasteiger partial charge in [-0.3, -0.25) is 4.79 Å². The van der Waals surface area contributed by atoms with Gasteiger partial charge in [-0.1, -0.05) is 13.8 Å². The van der Waals surface area contributed by atoms with Crippen LogP contribution in [-0.4, -0.2) is 80.0 Å². The maximum Gasteiger partial charge on any atom is 0.265 e. The molecule has 0 spiro atoms. The molecule has 1 aliphatic rings. The quantitative estimate of drug-likeness (QED) is 0.408. The molecule has 6 nitrogen and oxygen atoms in total. The summed E-state index contributed by atoms with van der Waals surface area (Å²) in [5, 5.41) is 12.4. The van der Waals surface area contributed by atoms with Gasteiger partial charge in [0.1, 0.15) is 11.6 Å². The predicted molar refractivity (Wildman–Crippen MR) is 92.8 cm³/mol. The minimum absolute atomic E-state index is 0.183. The minimum Gasteiger partial charge on any atom is -0.388 e. The number of hydrogen-bond acceptors (Lipinski definition) is 5. The van der Waals surface area contributed by atoms with Crippen molar-refractivity contribution in [3.63, 3.8) is 0 Å². The summed E-state index contributed by atoms with van der Waals surface area (Å²) in [5.74, 6) is -0.183. The van der Waals surface area contributed by atoms with Crippen LogP contribution in [0.25, 0.3) is 0 Å². The van der Waals surface area contributed by atoms with Crippen LogP contribution in [0, 0.1) is 11.3 Å². The number of nitrogens with zero attached hydrogens (tertiary/aromatic N) is 4. The standard InChI is InChI=1S/C17H31N5O/c1-5-22(6-2)12-9-19-14-15(13-18)17(23)21(4)16-7-10-20(3)11-8-16/h14,16,19H,5-12H2,1-4H3/b15-14-. The molecular formula is C17H31N5O. The zero-order chi connectivity index (χ0) is 17.2. The molecule has 0 bridgehead atoms. The molecule has 23 heavy (non-hydrogen) atoms. The van der Waals surface area contributed by atoms with Crippen LogP contribution in [0.3, 0.4) is 0 Å². The summed E-state index contributed by atoms with van der Waals surface area (Å²) >= 11 is 0. The molecule has 1 N–H and O–H groups in total. The molecule has 1 heterocycles. The van der Waals surface area contributed by atoms with Crippen molar-refractivity contribution >= 4 is 5.91 Å². The van der Waals surface area contributed by atoms with Crippen molar-refractivity contribution in [3.8, 4) is 6.07 Å². The van der Waals surface area contributed by atoms with Gasteiger partial charge in [-0.15, -0.1) is 0 Å². The highest BCUT2D eigenvalue weighted by Crippen LogP contribution is 2.15. The molecule has 1 rings (SSSR count). The number of carbonyl (C=O) groups is 1. The van der Waals surface area contributed by atoms with E-state index in [2.05, 4.69) is 36.0 Å². The molecule has 0 saturated carbocycles. The summed E-state index contributed by atoms with van der Waals surface area (Å²) in [7, 11) is 3.90. The van der Waals surface area contributed by atoms with Gasteiger partial charge in [-0.25, -0.2) is 0 Å². The topological polar surface area (TPSA) is 62.6 Å². The number of likely N-dealkylation sites (N-methyl/N-ethyl adjacent to an activating group) is 2. The van der Waals surface area contributed by atoms with Crippen molar-refractivity contribution in [2.75, 3.05) is 53.4 Å². The number of nitriles is 1. The highest BCUT2D eigenvalue weighted by Gasteiger charge is 2.25. The van der Waals surface area contributed by atoms with Crippen LogP contribution in [0.5, 0.6) is 0 Å². The van der Waals surface area contributed by atoms with E-state index in [1.807, 2.05) is 6.07 Å². The first-order chi connectivity index (χ1) is 11.0. The Hall–Kier alpha value is -1.58. The summed E-state index contributed by atoms with van der Waals surface area (Å²) in [4.78, 5) is 18.8. The molecule has 1 aliphatic heterocycles. The third-order valence-corrected chi connectivity index (χ3v) is 4.62. The Morgan fingerprint density at radius 1 is 1.35 bits per heavy atom. The third-order valence-electron chi connectivity index (χ3n) is 4.62. The lowest BCUT2D eigenvalue weighted by atomic mass is 10.0. The van der Waals surface area contributed by atoms with E-state index in [0.29, 0.717) is 0 Å². The Bertz CT molecular complexity index is 431. The highest BCUT2D eigenvalue weighted by atomic mass is 16.2. The van der Waals surface area contributed by atoms with E-state index in [1.165, 1.54) is 0 Å².